The van der Waals surface area contributed by atoms with Gasteiger partial charge in [-0.15, -0.1) is 0 Å². The Hall–Kier alpha value is -2.08. The predicted molar refractivity (Wildman–Crippen MR) is 105 cm³/mol. The Morgan fingerprint density at radius 2 is 1.93 bits per heavy atom. The average molecular weight is 376 g/mol. The van der Waals surface area contributed by atoms with E-state index in [4.69, 9.17) is 9.84 Å². The van der Waals surface area contributed by atoms with Gasteiger partial charge in [0.2, 0.25) is 5.91 Å². The Morgan fingerprint density at radius 3 is 2.56 bits per heavy atom. The zero-order valence-corrected chi connectivity index (χ0v) is 16.7. The zero-order valence-electron chi connectivity index (χ0n) is 16.7. The van der Waals surface area contributed by atoms with Crippen LogP contribution in [-0.4, -0.2) is 66.1 Å². The number of ether oxygens (including phenoxy) is 1. The molecule has 2 rings (SSSR count). The van der Waals surface area contributed by atoms with Crippen molar-refractivity contribution >= 4 is 11.9 Å². The second kappa shape index (κ2) is 10.3. The number of rotatable bonds is 8. The molecule has 1 amide bonds. The van der Waals surface area contributed by atoms with Gasteiger partial charge in [-0.2, -0.15) is 0 Å². The minimum absolute atomic E-state index is 0.0455. The Bertz CT molecular complexity index is 615. The smallest absolute Gasteiger partial charge is 0.317 e. The fourth-order valence-electron chi connectivity index (χ4n) is 3.36. The number of carboxylic acids is 1. The number of carboxylic acid groups (broad SMARTS) is 1. The molecule has 1 aliphatic heterocycles. The SMILES string of the molecule is CC(C)COc1ccc(CC(=O)N2CCC[C@@H](N(C)CC(=O)O)CC2)cc1. The van der Waals surface area contributed by atoms with E-state index < -0.39 is 5.97 Å². The molecule has 1 N–H and O–H groups in total. The summed E-state index contributed by atoms with van der Waals surface area (Å²) >= 11 is 0. The van der Waals surface area contributed by atoms with Crippen molar-refractivity contribution < 1.29 is 19.4 Å². The number of likely N-dealkylation sites (N-methyl/N-ethyl adjacent to an activating group) is 1. The van der Waals surface area contributed by atoms with Gasteiger partial charge in [0.1, 0.15) is 5.75 Å². The quantitative estimate of drug-likeness (QED) is 0.755. The molecular weight excluding hydrogens is 344 g/mol. The Balaban J connectivity index is 1.84. The van der Waals surface area contributed by atoms with E-state index in [2.05, 4.69) is 13.8 Å². The van der Waals surface area contributed by atoms with Crippen LogP contribution in [0.1, 0.15) is 38.7 Å². The molecule has 150 valence electrons. The Morgan fingerprint density at radius 1 is 1.22 bits per heavy atom. The van der Waals surface area contributed by atoms with E-state index in [0.29, 0.717) is 25.5 Å². The van der Waals surface area contributed by atoms with Crippen LogP contribution in [-0.2, 0) is 16.0 Å². The summed E-state index contributed by atoms with van der Waals surface area (Å²) in [6, 6.07) is 7.97. The zero-order chi connectivity index (χ0) is 19.8. The van der Waals surface area contributed by atoms with Crippen molar-refractivity contribution in [3.05, 3.63) is 29.8 Å². The molecule has 1 heterocycles. The second-order valence-corrected chi connectivity index (χ2v) is 7.80. The summed E-state index contributed by atoms with van der Waals surface area (Å²) in [5.41, 5.74) is 0.987. The van der Waals surface area contributed by atoms with Gasteiger partial charge < -0.3 is 14.7 Å². The van der Waals surface area contributed by atoms with Crippen LogP contribution in [0.2, 0.25) is 0 Å². The number of aliphatic carboxylic acids is 1. The van der Waals surface area contributed by atoms with E-state index in [1.54, 1.807) is 0 Å². The number of benzene rings is 1. The second-order valence-electron chi connectivity index (χ2n) is 7.80. The van der Waals surface area contributed by atoms with Crippen molar-refractivity contribution in [1.29, 1.82) is 0 Å². The molecule has 1 saturated heterocycles. The summed E-state index contributed by atoms with van der Waals surface area (Å²) in [4.78, 5) is 27.4. The molecular formula is C21H32N2O4. The number of carbonyl (C=O) groups excluding carboxylic acids is 1. The van der Waals surface area contributed by atoms with E-state index in [9.17, 15) is 9.59 Å². The highest BCUT2D eigenvalue weighted by Crippen LogP contribution is 2.18. The molecule has 0 saturated carbocycles. The largest absolute Gasteiger partial charge is 0.493 e. The van der Waals surface area contributed by atoms with Crippen LogP contribution in [0.5, 0.6) is 5.75 Å². The van der Waals surface area contributed by atoms with Gasteiger partial charge in [0.15, 0.2) is 0 Å². The topological polar surface area (TPSA) is 70.1 Å². The number of amides is 1. The summed E-state index contributed by atoms with van der Waals surface area (Å²) < 4.78 is 5.68. The third-order valence-corrected chi connectivity index (χ3v) is 4.92. The van der Waals surface area contributed by atoms with Crippen molar-refractivity contribution in [3.8, 4) is 5.75 Å². The molecule has 1 atom stereocenters. The van der Waals surface area contributed by atoms with Gasteiger partial charge in [-0.1, -0.05) is 26.0 Å². The van der Waals surface area contributed by atoms with Crippen LogP contribution in [0.25, 0.3) is 0 Å². The maximum atomic E-state index is 12.7. The van der Waals surface area contributed by atoms with Gasteiger partial charge in [-0.25, -0.2) is 0 Å². The van der Waals surface area contributed by atoms with Gasteiger partial charge in [-0.3, -0.25) is 14.5 Å². The Labute approximate surface area is 162 Å². The van der Waals surface area contributed by atoms with Gasteiger partial charge in [0, 0.05) is 19.1 Å². The standard InChI is InChI=1S/C21H32N2O4/c1-16(2)15-27-19-8-6-17(7-9-19)13-20(24)23-11-4-5-18(10-12-23)22(3)14-21(25)26/h6-9,16,18H,4-5,10-15H2,1-3H3,(H,25,26)/t18-/m1/s1. The first-order valence-corrected chi connectivity index (χ1v) is 9.76. The van der Waals surface area contributed by atoms with Crippen LogP contribution in [0.4, 0.5) is 0 Å². The predicted octanol–water partition coefficient (Wildman–Crippen LogP) is 2.66. The molecule has 0 radical (unpaired) electrons. The van der Waals surface area contributed by atoms with Crippen LogP contribution >= 0.6 is 0 Å². The molecule has 1 aromatic carbocycles. The number of nitrogens with zero attached hydrogens (tertiary/aromatic N) is 2. The number of likely N-dealkylation sites (tertiary alicyclic amines) is 1. The van der Waals surface area contributed by atoms with Crippen molar-refractivity contribution in [2.45, 2.75) is 45.6 Å². The molecule has 27 heavy (non-hydrogen) atoms. The summed E-state index contributed by atoms with van der Waals surface area (Å²) in [6.07, 6.45) is 3.04. The van der Waals surface area contributed by atoms with Crippen molar-refractivity contribution in [2.24, 2.45) is 5.92 Å². The third kappa shape index (κ3) is 7.21. The molecule has 0 spiro atoms. The summed E-state index contributed by atoms with van der Waals surface area (Å²) in [7, 11) is 1.85. The maximum absolute atomic E-state index is 12.7. The van der Waals surface area contributed by atoms with Gasteiger partial charge >= 0.3 is 5.97 Å². The van der Waals surface area contributed by atoms with E-state index in [-0.39, 0.29) is 18.5 Å². The molecule has 1 fully saturated rings. The van der Waals surface area contributed by atoms with Crippen LogP contribution in [0.3, 0.4) is 0 Å². The van der Waals surface area contributed by atoms with Gasteiger partial charge in [0.25, 0.3) is 0 Å². The highest BCUT2D eigenvalue weighted by Gasteiger charge is 2.24. The lowest BCUT2D eigenvalue weighted by molar-refractivity contribution is -0.138. The molecule has 1 aliphatic rings. The molecule has 0 unspecified atom stereocenters. The fraction of sp³-hybridized carbons (Fsp3) is 0.619. The third-order valence-electron chi connectivity index (χ3n) is 4.92. The number of hydrogen-bond donors (Lipinski definition) is 1. The summed E-state index contributed by atoms with van der Waals surface area (Å²) in [5, 5.41) is 8.95. The molecule has 0 bridgehead atoms. The lowest BCUT2D eigenvalue weighted by Crippen LogP contribution is -2.37. The normalized spacial score (nSPS) is 17.8. The molecule has 6 heteroatoms. The van der Waals surface area contributed by atoms with E-state index in [0.717, 1.165) is 37.1 Å². The summed E-state index contributed by atoms with van der Waals surface area (Å²) in [5.74, 6) is 0.634. The van der Waals surface area contributed by atoms with E-state index in [1.165, 1.54) is 0 Å². The molecule has 1 aromatic rings. The number of carbonyl (C=O) groups is 2. The minimum Gasteiger partial charge on any atom is -0.493 e. The van der Waals surface area contributed by atoms with Gasteiger partial charge in [-0.05, 0) is 49.9 Å². The van der Waals surface area contributed by atoms with Crippen molar-refractivity contribution in [2.75, 3.05) is 33.3 Å². The van der Waals surface area contributed by atoms with Crippen LogP contribution < -0.4 is 4.74 Å². The fourth-order valence-corrected chi connectivity index (χ4v) is 3.36. The lowest BCUT2D eigenvalue weighted by atomic mass is 10.1. The van der Waals surface area contributed by atoms with E-state index in [1.807, 2.05) is 41.1 Å². The van der Waals surface area contributed by atoms with Crippen LogP contribution in [0.15, 0.2) is 24.3 Å². The van der Waals surface area contributed by atoms with Crippen molar-refractivity contribution in [3.63, 3.8) is 0 Å². The molecule has 0 aliphatic carbocycles. The molecule has 6 nitrogen and oxygen atoms in total. The monoisotopic (exact) mass is 376 g/mol. The molecule has 0 aromatic heterocycles. The first-order chi connectivity index (χ1) is 12.8. The van der Waals surface area contributed by atoms with Crippen LogP contribution in [0, 0.1) is 5.92 Å². The van der Waals surface area contributed by atoms with Gasteiger partial charge in [0.05, 0.1) is 19.6 Å². The highest BCUT2D eigenvalue weighted by molar-refractivity contribution is 5.78. The maximum Gasteiger partial charge on any atom is 0.317 e. The minimum atomic E-state index is -0.810. The number of hydrogen-bond acceptors (Lipinski definition) is 4. The van der Waals surface area contributed by atoms with E-state index >= 15 is 0 Å². The average Bonchev–Trinajstić information content (AvgIpc) is 2.87. The first-order valence-electron chi connectivity index (χ1n) is 9.76. The lowest BCUT2D eigenvalue weighted by Gasteiger charge is -2.25. The van der Waals surface area contributed by atoms with Crippen molar-refractivity contribution in [1.82, 2.24) is 9.80 Å². The highest BCUT2D eigenvalue weighted by atomic mass is 16.5. The first kappa shape index (κ1) is 21.2. The Kier molecular flexibility index (Phi) is 8.10. The summed E-state index contributed by atoms with van der Waals surface area (Å²) in [6.45, 7) is 6.37.